The molecule has 0 radical (unpaired) electrons. The highest BCUT2D eigenvalue weighted by molar-refractivity contribution is 6.32. The summed E-state index contributed by atoms with van der Waals surface area (Å²) in [7, 11) is 0. The molecular weight excluding hydrogens is 280 g/mol. The van der Waals surface area contributed by atoms with Crippen molar-refractivity contribution in [2.75, 3.05) is 6.54 Å². The minimum atomic E-state index is -0.628. The van der Waals surface area contributed by atoms with Gasteiger partial charge in [0.25, 0.3) is 5.69 Å². The number of hydrogen-bond acceptors (Lipinski definition) is 4. The summed E-state index contributed by atoms with van der Waals surface area (Å²) in [6.07, 6.45) is 4.95. The quantitative estimate of drug-likeness (QED) is 0.647. The van der Waals surface area contributed by atoms with Crippen molar-refractivity contribution in [1.82, 2.24) is 5.32 Å². The van der Waals surface area contributed by atoms with Crippen molar-refractivity contribution in [1.29, 1.82) is 0 Å². The Morgan fingerprint density at radius 1 is 1.35 bits per heavy atom. The summed E-state index contributed by atoms with van der Waals surface area (Å²) in [6, 6.07) is 4.76. The molecule has 0 spiro atoms. The van der Waals surface area contributed by atoms with Crippen LogP contribution in [0, 0.1) is 10.1 Å². The van der Waals surface area contributed by atoms with E-state index in [1.807, 2.05) is 0 Å². The molecule has 1 aromatic carbocycles. The van der Waals surface area contributed by atoms with Crippen LogP contribution in [0.25, 0.3) is 0 Å². The van der Waals surface area contributed by atoms with E-state index in [1.165, 1.54) is 18.6 Å². The second-order valence-electron chi connectivity index (χ2n) is 5.43. The van der Waals surface area contributed by atoms with Crippen molar-refractivity contribution < 1.29 is 10.0 Å². The summed E-state index contributed by atoms with van der Waals surface area (Å²) in [6.45, 7) is 1.00. The molecule has 0 unspecified atom stereocenters. The van der Waals surface area contributed by atoms with Crippen LogP contribution in [-0.2, 0) is 6.54 Å². The molecule has 2 rings (SSSR count). The predicted molar refractivity (Wildman–Crippen MR) is 77.8 cm³/mol. The van der Waals surface area contributed by atoms with E-state index in [-0.39, 0.29) is 10.7 Å². The zero-order valence-corrected chi connectivity index (χ0v) is 12.0. The van der Waals surface area contributed by atoms with Crippen LogP contribution in [0.4, 0.5) is 5.69 Å². The Morgan fingerprint density at radius 3 is 2.70 bits per heavy atom. The van der Waals surface area contributed by atoms with E-state index < -0.39 is 10.5 Å². The van der Waals surface area contributed by atoms with Gasteiger partial charge >= 0.3 is 0 Å². The fourth-order valence-corrected chi connectivity index (χ4v) is 2.82. The van der Waals surface area contributed by atoms with Gasteiger partial charge in [0, 0.05) is 19.2 Å². The molecular formula is C14H19ClN2O3. The molecule has 0 heterocycles. The Bertz CT molecular complexity index is 487. The van der Waals surface area contributed by atoms with Gasteiger partial charge in [-0.25, -0.2) is 0 Å². The van der Waals surface area contributed by atoms with E-state index in [1.54, 1.807) is 6.07 Å². The molecule has 0 atom stereocenters. The van der Waals surface area contributed by atoms with E-state index in [2.05, 4.69) is 5.32 Å². The monoisotopic (exact) mass is 298 g/mol. The first-order chi connectivity index (χ1) is 9.50. The van der Waals surface area contributed by atoms with Gasteiger partial charge in [0.1, 0.15) is 5.02 Å². The van der Waals surface area contributed by atoms with Crippen LogP contribution in [0.3, 0.4) is 0 Å². The summed E-state index contributed by atoms with van der Waals surface area (Å²) < 4.78 is 0. The Morgan fingerprint density at radius 2 is 2.05 bits per heavy atom. The summed E-state index contributed by atoms with van der Waals surface area (Å²) in [5, 5.41) is 24.5. The number of rotatable bonds is 5. The molecule has 1 saturated carbocycles. The lowest BCUT2D eigenvalue weighted by Crippen LogP contribution is -2.41. The Labute approximate surface area is 123 Å². The molecule has 0 aliphatic heterocycles. The van der Waals surface area contributed by atoms with Gasteiger partial charge in [0.15, 0.2) is 0 Å². The Hall–Kier alpha value is -1.17. The van der Waals surface area contributed by atoms with E-state index in [4.69, 9.17) is 11.6 Å². The normalized spacial score (nSPS) is 17.9. The zero-order valence-electron chi connectivity index (χ0n) is 11.3. The molecule has 1 fully saturated rings. The predicted octanol–water partition coefficient (Wildman–Crippen LogP) is 3.03. The van der Waals surface area contributed by atoms with Gasteiger partial charge in [-0.15, -0.1) is 0 Å². The fraction of sp³-hybridized carbons (Fsp3) is 0.571. The van der Waals surface area contributed by atoms with Gasteiger partial charge in [-0.2, -0.15) is 0 Å². The third-order valence-corrected chi connectivity index (χ3v) is 4.09. The SMILES string of the molecule is O=[N+]([O-])c1cc(CNCC2(O)CCCCC2)ccc1Cl. The lowest BCUT2D eigenvalue weighted by atomic mass is 9.85. The summed E-state index contributed by atoms with van der Waals surface area (Å²) in [5.41, 5.74) is 0.0826. The van der Waals surface area contributed by atoms with Crippen molar-refractivity contribution in [2.45, 2.75) is 44.2 Å². The van der Waals surface area contributed by atoms with Gasteiger partial charge in [0.2, 0.25) is 0 Å². The summed E-state index contributed by atoms with van der Waals surface area (Å²) in [4.78, 5) is 10.3. The van der Waals surface area contributed by atoms with Crippen molar-refractivity contribution in [3.63, 3.8) is 0 Å². The van der Waals surface area contributed by atoms with Gasteiger partial charge < -0.3 is 10.4 Å². The van der Waals surface area contributed by atoms with Gasteiger partial charge in [-0.3, -0.25) is 10.1 Å². The molecule has 0 amide bonds. The maximum atomic E-state index is 10.8. The van der Waals surface area contributed by atoms with Crippen molar-refractivity contribution >= 4 is 17.3 Å². The van der Waals surface area contributed by atoms with Gasteiger partial charge in [-0.1, -0.05) is 36.9 Å². The van der Waals surface area contributed by atoms with Gasteiger partial charge in [0.05, 0.1) is 10.5 Å². The number of nitro groups is 1. The fourth-order valence-electron chi connectivity index (χ4n) is 2.63. The zero-order chi connectivity index (χ0) is 14.6. The van der Waals surface area contributed by atoms with Crippen LogP contribution >= 0.6 is 11.6 Å². The van der Waals surface area contributed by atoms with Crippen molar-refractivity contribution in [3.05, 3.63) is 38.9 Å². The van der Waals surface area contributed by atoms with Gasteiger partial charge in [-0.05, 0) is 24.5 Å². The number of nitrogens with zero attached hydrogens (tertiary/aromatic N) is 1. The largest absolute Gasteiger partial charge is 0.389 e. The number of nitrogens with one attached hydrogen (secondary N) is 1. The van der Waals surface area contributed by atoms with E-state index in [0.717, 1.165) is 31.2 Å². The average Bonchev–Trinajstić information content (AvgIpc) is 2.41. The van der Waals surface area contributed by atoms with Crippen LogP contribution in [0.5, 0.6) is 0 Å². The maximum Gasteiger partial charge on any atom is 0.288 e. The van der Waals surface area contributed by atoms with Crippen LogP contribution in [0.2, 0.25) is 5.02 Å². The summed E-state index contributed by atoms with van der Waals surface area (Å²) >= 11 is 5.77. The maximum absolute atomic E-state index is 10.8. The third-order valence-electron chi connectivity index (χ3n) is 3.77. The number of hydrogen-bond donors (Lipinski definition) is 2. The lowest BCUT2D eigenvalue weighted by Gasteiger charge is -2.32. The van der Waals surface area contributed by atoms with Crippen LogP contribution in [-0.4, -0.2) is 22.2 Å². The molecule has 1 aliphatic rings. The van der Waals surface area contributed by atoms with E-state index in [0.29, 0.717) is 13.1 Å². The van der Waals surface area contributed by atoms with E-state index in [9.17, 15) is 15.2 Å². The molecule has 1 aromatic rings. The third kappa shape index (κ3) is 3.91. The number of aliphatic hydroxyl groups is 1. The Balaban J connectivity index is 1.91. The highest BCUT2D eigenvalue weighted by Crippen LogP contribution is 2.28. The highest BCUT2D eigenvalue weighted by Gasteiger charge is 2.28. The second-order valence-corrected chi connectivity index (χ2v) is 5.84. The minimum Gasteiger partial charge on any atom is -0.389 e. The number of nitro benzene ring substituents is 1. The van der Waals surface area contributed by atoms with E-state index >= 15 is 0 Å². The molecule has 0 aromatic heterocycles. The van der Waals surface area contributed by atoms with Crippen LogP contribution in [0.1, 0.15) is 37.7 Å². The molecule has 110 valence electrons. The molecule has 6 heteroatoms. The average molecular weight is 299 g/mol. The minimum absolute atomic E-state index is 0.0812. The molecule has 0 bridgehead atoms. The van der Waals surface area contributed by atoms with Crippen molar-refractivity contribution in [3.8, 4) is 0 Å². The first-order valence-electron chi connectivity index (χ1n) is 6.86. The molecule has 20 heavy (non-hydrogen) atoms. The second kappa shape index (κ2) is 6.52. The topological polar surface area (TPSA) is 75.4 Å². The van der Waals surface area contributed by atoms with Crippen LogP contribution < -0.4 is 5.32 Å². The molecule has 2 N–H and O–H groups in total. The summed E-state index contributed by atoms with van der Waals surface area (Å²) in [5.74, 6) is 0. The first-order valence-corrected chi connectivity index (χ1v) is 7.24. The standard InChI is InChI=1S/C14H19ClN2O3/c15-12-5-4-11(8-13(12)17(19)20)9-16-10-14(18)6-2-1-3-7-14/h4-5,8,16,18H,1-3,6-7,9-10H2. The van der Waals surface area contributed by atoms with Crippen molar-refractivity contribution in [2.24, 2.45) is 0 Å². The van der Waals surface area contributed by atoms with Crippen LogP contribution in [0.15, 0.2) is 18.2 Å². The number of benzene rings is 1. The number of halogens is 1. The molecule has 5 nitrogen and oxygen atoms in total. The smallest absolute Gasteiger partial charge is 0.288 e. The molecule has 1 aliphatic carbocycles. The highest BCUT2D eigenvalue weighted by atomic mass is 35.5. The molecule has 0 saturated heterocycles. The Kier molecular flexibility index (Phi) is 4.96. The first kappa shape index (κ1) is 15.2. The lowest BCUT2D eigenvalue weighted by molar-refractivity contribution is -0.384.